The second kappa shape index (κ2) is 7.53. The molecule has 22 heavy (non-hydrogen) atoms. The fourth-order valence-electron chi connectivity index (χ4n) is 2.32. The summed E-state index contributed by atoms with van der Waals surface area (Å²) < 4.78 is 5.31. The number of alkyl halides is 1. The number of carbonyl (C=O) groups excluding carboxylic acids is 1. The molecule has 0 aliphatic carbocycles. The molecule has 0 saturated carbocycles. The molecule has 2 unspecified atom stereocenters. The second-order valence-corrected chi connectivity index (χ2v) is 5.62. The number of hydrogen-bond donors (Lipinski definition) is 6. The minimum Gasteiger partial charge on any atom is -0.479 e. The van der Waals surface area contributed by atoms with E-state index >= 15 is 0 Å². The van der Waals surface area contributed by atoms with Crippen LogP contribution in [0.4, 0.5) is 0 Å². The molecule has 0 bridgehead atoms. The number of amides is 1. The summed E-state index contributed by atoms with van der Waals surface area (Å²) in [6.45, 7) is 0.389. The number of carboxylic acid groups (broad SMARTS) is 1. The molecule has 128 valence electrons. The summed E-state index contributed by atoms with van der Waals surface area (Å²) in [6.07, 6.45) is -6.50. The Morgan fingerprint density at radius 3 is 2.50 bits per heavy atom. The van der Waals surface area contributed by atoms with E-state index < -0.39 is 60.4 Å². The van der Waals surface area contributed by atoms with Gasteiger partial charge in [-0.25, -0.2) is 4.79 Å². The number of aliphatic hydroxyl groups excluding tert-OH is 4. The molecule has 6 atom stereocenters. The zero-order valence-corrected chi connectivity index (χ0v) is 12.6. The van der Waals surface area contributed by atoms with Crippen LogP contribution in [0.15, 0.2) is 0 Å². The standard InChI is InChI=1S/C12H20ClNO8/c1-12(11(20)21)2-5(16)8(14-7(18)3-13)10(22-12)9(19)6(17)4-15/h5-6,8-10,15-17,19H,2-4H2,1H3,(H,14,18)(H,20,21)/t5?,6-,8-,9-,10?,12+/m1/s1. The van der Waals surface area contributed by atoms with Crippen LogP contribution in [0, 0.1) is 0 Å². The largest absolute Gasteiger partial charge is 0.479 e. The lowest BCUT2D eigenvalue weighted by molar-refractivity contribution is -0.224. The average molecular weight is 342 g/mol. The van der Waals surface area contributed by atoms with E-state index in [1.54, 1.807) is 0 Å². The number of halogens is 1. The highest BCUT2D eigenvalue weighted by atomic mass is 35.5. The van der Waals surface area contributed by atoms with Crippen LogP contribution in [0.2, 0.25) is 0 Å². The lowest BCUT2D eigenvalue weighted by Crippen LogP contribution is -2.66. The van der Waals surface area contributed by atoms with Gasteiger partial charge in [0.05, 0.1) is 18.8 Å². The Morgan fingerprint density at radius 1 is 1.45 bits per heavy atom. The van der Waals surface area contributed by atoms with Crippen molar-refractivity contribution in [3.63, 3.8) is 0 Å². The summed E-state index contributed by atoms with van der Waals surface area (Å²) in [7, 11) is 0. The van der Waals surface area contributed by atoms with Crippen LogP contribution in [0.1, 0.15) is 13.3 Å². The van der Waals surface area contributed by atoms with Gasteiger partial charge in [0.25, 0.3) is 0 Å². The lowest BCUT2D eigenvalue weighted by Gasteiger charge is -2.45. The predicted molar refractivity (Wildman–Crippen MR) is 73.3 cm³/mol. The van der Waals surface area contributed by atoms with Gasteiger partial charge in [-0.3, -0.25) is 4.79 Å². The van der Waals surface area contributed by atoms with Gasteiger partial charge in [0.1, 0.15) is 24.2 Å². The predicted octanol–water partition coefficient (Wildman–Crippen LogP) is -2.58. The van der Waals surface area contributed by atoms with Crippen molar-refractivity contribution in [2.45, 2.75) is 49.4 Å². The number of rotatable bonds is 6. The SMILES string of the molecule is C[C@@]1(C(=O)O)CC(O)[C@@H](NC(=O)CCl)C([C@H](O)[C@H](O)CO)O1. The van der Waals surface area contributed by atoms with Crippen molar-refractivity contribution in [2.75, 3.05) is 12.5 Å². The van der Waals surface area contributed by atoms with Crippen molar-refractivity contribution in [1.29, 1.82) is 0 Å². The Kier molecular flexibility index (Phi) is 6.53. The molecule has 1 amide bonds. The number of carbonyl (C=O) groups is 2. The van der Waals surface area contributed by atoms with Gasteiger partial charge in [-0.2, -0.15) is 0 Å². The lowest BCUT2D eigenvalue weighted by atomic mass is 9.84. The number of aliphatic carboxylic acids is 1. The third kappa shape index (κ3) is 4.06. The van der Waals surface area contributed by atoms with Gasteiger partial charge in [-0.1, -0.05) is 0 Å². The maximum Gasteiger partial charge on any atom is 0.335 e. The van der Waals surface area contributed by atoms with Gasteiger partial charge in [-0.15, -0.1) is 11.6 Å². The maximum atomic E-state index is 11.4. The van der Waals surface area contributed by atoms with Crippen molar-refractivity contribution < 1.29 is 39.9 Å². The monoisotopic (exact) mass is 341 g/mol. The molecule has 0 aromatic carbocycles. The molecule has 1 fully saturated rings. The van der Waals surface area contributed by atoms with Crippen molar-refractivity contribution in [2.24, 2.45) is 0 Å². The Balaban J connectivity index is 3.07. The normalized spacial score (nSPS) is 34.7. The van der Waals surface area contributed by atoms with Crippen molar-refractivity contribution in [3.05, 3.63) is 0 Å². The van der Waals surface area contributed by atoms with E-state index in [4.69, 9.17) is 21.4 Å². The van der Waals surface area contributed by atoms with Crippen molar-refractivity contribution >= 4 is 23.5 Å². The van der Waals surface area contributed by atoms with E-state index in [9.17, 15) is 30.0 Å². The molecular formula is C12H20ClNO8. The molecule has 1 aliphatic rings. The van der Waals surface area contributed by atoms with Crippen LogP contribution in [0.25, 0.3) is 0 Å². The number of nitrogens with one attached hydrogen (secondary N) is 1. The van der Waals surface area contributed by atoms with Crippen LogP contribution in [-0.2, 0) is 14.3 Å². The van der Waals surface area contributed by atoms with E-state index in [1.165, 1.54) is 6.92 Å². The molecule has 0 spiro atoms. The molecule has 10 heteroatoms. The van der Waals surface area contributed by atoms with E-state index in [0.29, 0.717) is 0 Å². The summed E-state index contributed by atoms with van der Waals surface area (Å²) >= 11 is 5.36. The van der Waals surface area contributed by atoms with Crippen LogP contribution in [0.5, 0.6) is 0 Å². The molecule has 1 rings (SSSR count). The number of aliphatic hydroxyl groups is 4. The van der Waals surface area contributed by atoms with Crippen LogP contribution < -0.4 is 5.32 Å². The minimum absolute atomic E-state index is 0.339. The van der Waals surface area contributed by atoms with Gasteiger partial charge in [0.2, 0.25) is 5.91 Å². The first-order chi connectivity index (χ1) is 10.2. The van der Waals surface area contributed by atoms with Crippen LogP contribution in [0.3, 0.4) is 0 Å². The molecule has 0 aromatic heterocycles. The summed E-state index contributed by atoms with van der Waals surface area (Å²) in [6, 6.07) is -1.19. The minimum atomic E-state index is -1.82. The van der Waals surface area contributed by atoms with Crippen LogP contribution >= 0.6 is 11.6 Å². The van der Waals surface area contributed by atoms with Gasteiger partial charge in [-0.05, 0) is 6.92 Å². The van der Waals surface area contributed by atoms with Gasteiger partial charge < -0.3 is 35.6 Å². The van der Waals surface area contributed by atoms with Gasteiger partial charge in [0, 0.05) is 6.42 Å². The van der Waals surface area contributed by atoms with E-state index in [-0.39, 0.29) is 6.42 Å². The molecule has 1 saturated heterocycles. The number of hydrogen-bond acceptors (Lipinski definition) is 7. The van der Waals surface area contributed by atoms with E-state index in [2.05, 4.69) is 5.32 Å². The Bertz CT molecular complexity index is 422. The molecule has 1 aliphatic heterocycles. The Morgan fingerprint density at radius 2 is 2.05 bits per heavy atom. The maximum absolute atomic E-state index is 11.4. The molecule has 9 nitrogen and oxygen atoms in total. The summed E-state index contributed by atoms with van der Waals surface area (Å²) in [5, 5.41) is 50.1. The number of carboxylic acids is 1. The van der Waals surface area contributed by atoms with Gasteiger partial charge >= 0.3 is 5.97 Å². The summed E-state index contributed by atoms with van der Waals surface area (Å²) in [5.41, 5.74) is -1.82. The first kappa shape index (κ1) is 19.1. The number of ether oxygens (including phenoxy) is 1. The highest BCUT2D eigenvalue weighted by molar-refractivity contribution is 6.27. The molecule has 0 radical (unpaired) electrons. The highest BCUT2D eigenvalue weighted by Crippen LogP contribution is 2.32. The summed E-state index contributed by atoms with van der Waals surface area (Å²) in [4.78, 5) is 22.7. The Labute approximate surface area is 131 Å². The van der Waals surface area contributed by atoms with Crippen molar-refractivity contribution in [3.8, 4) is 0 Å². The molecule has 6 N–H and O–H groups in total. The summed E-state index contributed by atoms with van der Waals surface area (Å²) in [5.74, 6) is -2.45. The molecular weight excluding hydrogens is 322 g/mol. The first-order valence-corrected chi connectivity index (χ1v) is 7.11. The Hall–Kier alpha value is -0.970. The molecule has 0 aromatic rings. The fourth-order valence-corrected chi connectivity index (χ4v) is 2.39. The smallest absolute Gasteiger partial charge is 0.335 e. The third-order valence-electron chi connectivity index (χ3n) is 3.58. The fraction of sp³-hybridized carbons (Fsp3) is 0.833. The van der Waals surface area contributed by atoms with Crippen LogP contribution in [-0.4, -0.2) is 86.0 Å². The highest BCUT2D eigenvalue weighted by Gasteiger charge is 2.52. The second-order valence-electron chi connectivity index (χ2n) is 5.36. The average Bonchev–Trinajstić information content (AvgIpc) is 2.47. The topological polar surface area (TPSA) is 157 Å². The van der Waals surface area contributed by atoms with Gasteiger partial charge in [0.15, 0.2) is 5.60 Å². The third-order valence-corrected chi connectivity index (χ3v) is 3.83. The van der Waals surface area contributed by atoms with E-state index in [0.717, 1.165) is 0 Å². The van der Waals surface area contributed by atoms with E-state index in [1.807, 2.05) is 0 Å². The first-order valence-electron chi connectivity index (χ1n) is 6.58. The molecule has 1 heterocycles. The zero-order valence-electron chi connectivity index (χ0n) is 11.8. The quantitative estimate of drug-likeness (QED) is 0.287. The van der Waals surface area contributed by atoms with Crippen molar-refractivity contribution in [1.82, 2.24) is 5.32 Å². The zero-order chi connectivity index (χ0) is 17.1.